The highest BCUT2D eigenvalue weighted by Crippen LogP contribution is 2.28. The van der Waals surface area contributed by atoms with Crippen molar-refractivity contribution in [2.45, 2.75) is 11.3 Å². The van der Waals surface area contributed by atoms with Crippen LogP contribution >= 0.6 is 38.5 Å². The third kappa shape index (κ3) is 3.98. The fourth-order valence-electron chi connectivity index (χ4n) is 1.95. The molecule has 0 unspecified atom stereocenters. The summed E-state index contributed by atoms with van der Waals surface area (Å²) in [5.74, 6) is 0. The summed E-state index contributed by atoms with van der Waals surface area (Å²) in [7, 11) is -3.54. The molecule has 0 aromatic heterocycles. The van der Waals surface area contributed by atoms with Gasteiger partial charge in [0, 0.05) is 15.4 Å². The minimum Gasteiger partial charge on any atom is -0.265 e. The van der Waals surface area contributed by atoms with Crippen molar-refractivity contribution >= 4 is 54.2 Å². The molecule has 0 fully saturated rings. The van der Waals surface area contributed by atoms with Crippen LogP contribution in [0.25, 0.3) is 0 Å². The number of anilines is 1. The van der Waals surface area contributed by atoms with Crippen LogP contribution < -0.4 is 4.31 Å². The molecule has 21 heavy (non-hydrogen) atoms. The van der Waals surface area contributed by atoms with Crippen LogP contribution in [0.3, 0.4) is 0 Å². The van der Waals surface area contributed by atoms with E-state index < -0.39 is 10.0 Å². The maximum atomic E-state index is 12.9. The standard InChI is InChI=1S/C15H15BrINO2S/c16-11-6-12-18(15-10-5-4-9-14(15)17)21(19,20)13-7-2-1-3-8-13/h1-5,7-10H,6,11-12H2. The van der Waals surface area contributed by atoms with Gasteiger partial charge in [-0.25, -0.2) is 8.42 Å². The second-order valence-electron chi connectivity index (χ2n) is 4.38. The lowest BCUT2D eigenvalue weighted by Crippen LogP contribution is -2.32. The normalized spacial score (nSPS) is 11.3. The maximum Gasteiger partial charge on any atom is 0.264 e. The lowest BCUT2D eigenvalue weighted by atomic mass is 10.3. The molecular formula is C15H15BrINO2S. The monoisotopic (exact) mass is 479 g/mol. The van der Waals surface area contributed by atoms with E-state index in [1.807, 2.05) is 30.3 Å². The third-order valence-corrected chi connectivity index (χ3v) is 6.25. The molecule has 3 nitrogen and oxygen atoms in total. The summed E-state index contributed by atoms with van der Waals surface area (Å²) >= 11 is 5.54. The van der Waals surface area contributed by atoms with Gasteiger partial charge in [0.25, 0.3) is 10.0 Å². The molecule has 2 aromatic rings. The molecule has 0 heterocycles. The quantitative estimate of drug-likeness (QED) is 0.458. The Bertz CT molecular complexity index is 692. The van der Waals surface area contributed by atoms with Crippen LogP contribution in [0, 0.1) is 3.57 Å². The van der Waals surface area contributed by atoms with Crippen molar-refractivity contribution in [3.05, 3.63) is 58.2 Å². The van der Waals surface area contributed by atoms with Crippen molar-refractivity contribution in [3.8, 4) is 0 Å². The van der Waals surface area contributed by atoms with E-state index in [9.17, 15) is 8.42 Å². The van der Waals surface area contributed by atoms with Gasteiger partial charge in [-0.15, -0.1) is 0 Å². The number of hydrogen-bond donors (Lipinski definition) is 0. The molecule has 0 saturated carbocycles. The molecule has 0 bridgehead atoms. The lowest BCUT2D eigenvalue weighted by molar-refractivity contribution is 0.590. The Hall–Kier alpha value is -0.600. The fourth-order valence-corrected chi connectivity index (χ4v) is 4.58. The van der Waals surface area contributed by atoms with Crippen LogP contribution in [0.1, 0.15) is 6.42 Å². The number of hydrogen-bond acceptors (Lipinski definition) is 2. The molecule has 0 atom stereocenters. The van der Waals surface area contributed by atoms with Gasteiger partial charge in [-0.1, -0.05) is 46.3 Å². The number of benzene rings is 2. The Balaban J connectivity index is 2.48. The van der Waals surface area contributed by atoms with Crippen molar-refractivity contribution in [2.24, 2.45) is 0 Å². The average molecular weight is 480 g/mol. The first-order valence-corrected chi connectivity index (χ1v) is 10.1. The lowest BCUT2D eigenvalue weighted by Gasteiger charge is -2.25. The van der Waals surface area contributed by atoms with Crippen LogP contribution in [0.15, 0.2) is 59.5 Å². The second-order valence-corrected chi connectivity index (χ2v) is 8.20. The first-order chi connectivity index (χ1) is 10.1. The zero-order valence-corrected chi connectivity index (χ0v) is 15.8. The molecule has 0 aliphatic carbocycles. The largest absolute Gasteiger partial charge is 0.265 e. The molecule has 0 amide bonds. The molecule has 0 aliphatic rings. The van der Waals surface area contributed by atoms with Crippen LogP contribution in [0.4, 0.5) is 5.69 Å². The molecule has 0 aliphatic heterocycles. The van der Waals surface area contributed by atoms with Gasteiger partial charge in [0.2, 0.25) is 0 Å². The summed E-state index contributed by atoms with van der Waals surface area (Å²) in [6, 6.07) is 16.1. The molecule has 0 radical (unpaired) electrons. The molecule has 2 aromatic carbocycles. The van der Waals surface area contributed by atoms with Crippen LogP contribution in [-0.2, 0) is 10.0 Å². The number of halogens is 2. The highest BCUT2D eigenvalue weighted by Gasteiger charge is 2.25. The van der Waals surface area contributed by atoms with Crippen molar-refractivity contribution in [2.75, 3.05) is 16.2 Å². The van der Waals surface area contributed by atoms with Gasteiger partial charge in [0.1, 0.15) is 0 Å². The van der Waals surface area contributed by atoms with Crippen molar-refractivity contribution in [1.29, 1.82) is 0 Å². The molecule has 6 heteroatoms. The molecule has 2 rings (SSSR count). The van der Waals surface area contributed by atoms with Crippen LogP contribution in [0.5, 0.6) is 0 Å². The summed E-state index contributed by atoms with van der Waals surface area (Å²) in [5.41, 5.74) is 0.725. The molecule has 0 saturated heterocycles. The van der Waals surface area contributed by atoms with Gasteiger partial charge in [-0.2, -0.15) is 0 Å². The zero-order valence-electron chi connectivity index (χ0n) is 11.2. The summed E-state index contributed by atoms with van der Waals surface area (Å²) in [4.78, 5) is 0.319. The Morgan fingerprint density at radius 1 is 1.00 bits per heavy atom. The van der Waals surface area contributed by atoms with E-state index in [1.165, 1.54) is 4.31 Å². The summed E-state index contributed by atoms with van der Waals surface area (Å²) in [6.45, 7) is 0.447. The van der Waals surface area contributed by atoms with E-state index in [0.717, 1.165) is 21.0 Å². The van der Waals surface area contributed by atoms with E-state index in [4.69, 9.17) is 0 Å². The van der Waals surface area contributed by atoms with E-state index in [1.54, 1.807) is 24.3 Å². The van der Waals surface area contributed by atoms with Crippen molar-refractivity contribution in [3.63, 3.8) is 0 Å². The number of sulfonamides is 1. The SMILES string of the molecule is O=S(=O)(c1ccccc1)N(CCCBr)c1ccccc1I. The van der Waals surface area contributed by atoms with Crippen molar-refractivity contribution < 1.29 is 8.42 Å². The first kappa shape index (κ1) is 16.8. The summed E-state index contributed by atoms with van der Waals surface area (Å²) in [5, 5.41) is 0.761. The highest BCUT2D eigenvalue weighted by molar-refractivity contribution is 14.1. The van der Waals surface area contributed by atoms with Gasteiger partial charge < -0.3 is 0 Å². The number of nitrogens with zero attached hydrogens (tertiary/aromatic N) is 1. The zero-order chi connectivity index (χ0) is 15.3. The topological polar surface area (TPSA) is 37.4 Å². The Labute approximate surface area is 147 Å². The van der Waals surface area contributed by atoms with Crippen LogP contribution in [-0.4, -0.2) is 20.3 Å². The second kappa shape index (κ2) is 7.60. The number of para-hydroxylation sites is 1. The molecule has 0 spiro atoms. The van der Waals surface area contributed by atoms with Crippen molar-refractivity contribution in [1.82, 2.24) is 0 Å². The minimum absolute atomic E-state index is 0.319. The van der Waals surface area contributed by atoms with Gasteiger partial charge in [0.05, 0.1) is 10.6 Å². The number of alkyl halides is 1. The van der Waals surface area contributed by atoms with Gasteiger partial charge >= 0.3 is 0 Å². The maximum absolute atomic E-state index is 12.9. The highest BCUT2D eigenvalue weighted by atomic mass is 127. The minimum atomic E-state index is -3.54. The molecular weight excluding hydrogens is 465 g/mol. The van der Waals surface area contributed by atoms with E-state index in [-0.39, 0.29) is 0 Å². The van der Waals surface area contributed by atoms with E-state index in [2.05, 4.69) is 38.5 Å². The fraction of sp³-hybridized carbons (Fsp3) is 0.200. The molecule has 112 valence electrons. The first-order valence-electron chi connectivity index (χ1n) is 6.45. The predicted molar refractivity (Wildman–Crippen MR) is 98.5 cm³/mol. The van der Waals surface area contributed by atoms with Gasteiger partial charge in [-0.3, -0.25) is 4.31 Å². The average Bonchev–Trinajstić information content (AvgIpc) is 2.50. The van der Waals surface area contributed by atoms with Gasteiger partial charge in [-0.05, 0) is 53.3 Å². The predicted octanol–water partition coefficient (Wildman–Crippen LogP) is 4.27. The Morgan fingerprint density at radius 3 is 2.24 bits per heavy atom. The molecule has 0 N–H and O–H groups in total. The smallest absolute Gasteiger partial charge is 0.264 e. The third-order valence-electron chi connectivity index (χ3n) is 2.95. The Kier molecular flexibility index (Phi) is 6.07. The summed E-state index contributed by atoms with van der Waals surface area (Å²) in [6.07, 6.45) is 0.747. The van der Waals surface area contributed by atoms with E-state index >= 15 is 0 Å². The van der Waals surface area contributed by atoms with Crippen LogP contribution in [0.2, 0.25) is 0 Å². The van der Waals surface area contributed by atoms with Gasteiger partial charge in [0.15, 0.2) is 0 Å². The number of rotatable bonds is 6. The van der Waals surface area contributed by atoms with E-state index in [0.29, 0.717) is 11.4 Å². The summed E-state index contributed by atoms with van der Waals surface area (Å²) < 4.78 is 28.2. The Morgan fingerprint density at radius 2 is 1.62 bits per heavy atom.